The molecule has 0 aliphatic carbocycles. The maximum absolute atomic E-state index is 9.81. The summed E-state index contributed by atoms with van der Waals surface area (Å²) in [6, 6.07) is 69.9. The molecule has 0 atom stereocenters. The first kappa shape index (κ1) is 35.0. The van der Waals surface area contributed by atoms with E-state index in [4.69, 9.17) is 15.0 Å². The molecule has 0 aliphatic rings. The Morgan fingerprint density at radius 3 is 1.27 bits per heavy atom. The van der Waals surface area contributed by atoms with Crippen molar-refractivity contribution in [2.75, 3.05) is 0 Å². The van der Waals surface area contributed by atoms with Gasteiger partial charge >= 0.3 is 0 Å². The van der Waals surface area contributed by atoms with Crippen LogP contribution in [0.15, 0.2) is 194 Å². The number of aromatic nitrogens is 4. The lowest BCUT2D eigenvalue weighted by Crippen LogP contribution is -2.04. The molecular weight excluding hydrogens is 721 g/mol. The van der Waals surface area contributed by atoms with Gasteiger partial charge in [0.1, 0.15) is 0 Å². The lowest BCUT2D eigenvalue weighted by Gasteiger charge is -2.21. The Balaban J connectivity index is 1.32. The highest BCUT2D eigenvalue weighted by molar-refractivity contribution is 6.12. The molecule has 0 aliphatic heterocycles. The maximum atomic E-state index is 9.81. The second-order valence-corrected chi connectivity index (χ2v) is 14.3. The van der Waals surface area contributed by atoms with E-state index in [0.717, 1.165) is 77.6 Å². The molecule has 6 heteroatoms. The number of rotatable bonds is 7. The first-order chi connectivity index (χ1) is 29.1. The number of para-hydroxylation sites is 1. The van der Waals surface area contributed by atoms with Gasteiger partial charge in [-0.25, -0.2) is 15.0 Å². The fourth-order valence-electron chi connectivity index (χ4n) is 7.85. The lowest BCUT2D eigenvalue weighted by molar-refractivity contribution is 1.07. The summed E-state index contributed by atoms with van der Waals surface area (Å²) in [5, 5.41) is 21.9. The van der Waals surface area contributed by atoms with Gasteiger partial charge in [-0.1, -0.05) is 140 Å². The molecule has 8 aromatic carbocycles. The van der Waals surface area contributed by atoms with Crippen molar-refractivity contribution in [2.24, 2.45) is 0 Å². The zero-order chi connectivity index (χ0) is 39.7. The van der Waals surface area contributed by atoms with Crippen LogP contribution in [0, 0.1) is 22.7 Å². The van der Waals surface area contributed by atoms with Crippen LogP contribution in [-0.4, -0.2) is 19.5 Å². The quantitative estimate of drug-likeness (QED) is 0.162. The number of benzene rings is 8. The fraction of sp³-hybridized carbons (Fsp3) is 0. The van der Waals surface area contributed by atoms with Gasteiger partial charge in [0.2, 0.25) is 0 Å². The van der Waals surface area contributed by atoms with Crippen molar-refractivity contribution in [3.8, 4) is 85.4 Å². The zero-order valence-corrected chi connectivity index (χ0v) is 31.7. The van der Waals surface area contributed by atoms with Gasteiger partial charge in [0, 0.05) is 38.6 Å². The number of nitriles is 2. The Bertz CT molecular complexity index is 3110. The third kappa shape index (κ3) is 6.47. The highest BCUT2D eigenvalue weighted by atomic mass is 15.0. The van der Waals surface area contributed by atoms with Crippen LogP contribution in [0.25, 0.3) is 95.0 Å². The molecule has 0 radical (unpaired) electrons. The molecule has 0 amide bonds. The maximum Gasteiger partial charge on any atom is 0.164 e. The topological polar surface area (TPSA) is 91.2 Å². The van der Waals surface area contributed by atoms with Gasteiger partial charge in [-0.05, 0) is 76.9 Å². The van der Waals surface area contributed by atoms with E-state index < -0.39 is 0 Å². The van der Waals surface area contributed by atoms with Gasteiger partial charge in [-0.3, -0.25) is 0 Å². The van der Waals surface area contributed by atoms with Crippen molar-refractivity contribution in [2.45, 2.75) is 0 Å². The van der Waals surface area contributed by atoms with Gasteiger partial charge in [0.15, 0.2) is 17.5 Å². The summed E-state index contributed by atoms with van der Waals surface area (Å²) in [4.78, 5) is 15.2. The summed E-state index contributed by atoms with van der Waals surface area (Å²) >= 11 is 0. The van der Waals surface area contributed by atoms with E-state index in [1.54, 1.807) is 0 Å². The summed E-state index contributed by atoms with van der Waals surface area (Å²) in [6.45, 7) is 0. The highest BCUT2D eigenvalue weighted by Gasteiger charge is 2.23. The van der Waals surface area contributed by atoms with Gasteiger partial charge < -0.3 is 4.57 Å². The largest absolute Gasteiger partial charge is 0.308 e. The molecule has 0 unspecified atom stereocenters. The Morgan fingerprint density at radius 2 is 0.763 bits per heavy atom. The number of fused-ring (bicyclic) bond motifs is 3. The summed E-state index contributed by atoms with van der Waals surface area (Å²) in [5.41, 5.74) is 12.7. The van der Waals surface area contributed by atoms with Crippen LogP contribution in [0.5, 0.6) is 0 Å². The minimum atomic E-state index is 0.517. The third-order valence-electron chi connectivity index (χ3n) is 10.7. The Kier molecular flexibility index (Phi) is 8.84. The molecule has 0 saturated carbocycles. The number of hydrogen-bond donors (Lipinski definition) is 0. The SMILES string of the molecule is N#Cc1ccc(-c2cc(-c3nc(-c4ccccc4)nc(-c4ccccc4)n3)cc(-c3ccc(C#N)cc3)c2-n2c3ccccc3c3cc(-c4ccccc4)ccc32)cc1. The van der Waals surface area contributed by atoms with E-state index in [0.29, 0.717) is 28.6 Å². The molecule has 6 nitrogen and oxygen atoms in total. The van der Waals surface area contributed by atoms with Gasteiger partial charge in [0.25, 0.3) is 0 Å². The predicted octanol–water partition coefficient (Wildman–Crippen LogP) is 12.7. The van der Waals surface area contributed by atoms with E-state index in [1.165, 1.54) is 0 Å². The molecule has 274 valence electrons. The van der Waals surface area contributed by atoms with E-state index in [2.05, 4.69) is 95.6 Å². The molecule has 0 saturated heterocycles. The molecule has 10 rings (SSSR count). The van der Waals surface area contributed by atoms with E-state index >= 15 is 0 Å². The summed E-state index contributed by atoms with van der Waals surface area (Å²) < 4.78 is 2.35. The number of hydrogen-bond acceptors (Lipinski definition) is 5. The molecule has 10 aromatic rings. The minimum absolute atomic E-state index is 0.517. The van der Waals surface area contributed by atoms with Crippen LogP contribution >= 0.6 is 0 Å². The third-order valence-corrected chi connectivity index (χ3v) is 10.7. The van der Waals surface area contributed by atoms with E-state index in [1.807, 2.05) is 115 Å². The average molecular weight is 753 g/mol. The molecule has 0 N–H and O–H groups in total. The van der Waals surface area contributed by atoms with Gasteiger partial charge in [-0.15, -0.1) is 0 Å². The molecule has 0 spiro atoms. The second-order valence-electron chi connectivity index (χ2n) is 14.3. The molecule has 0 fully saturated rings. The van der Waals surface area contributed by atoms with Crippen molar-refractivity contribution in [3.63, 3.8) is 0 Å². The van der Waals surface area contributed by atoms with Crippen molar-refractivity contribution in [3.05, 3.63) is 205 Å². The Labute approximate surface area is 341 Å². The first-order valence-electron chi connectivity index (χ1n) is 19.3. The van der Waals surface area contributed by atoms with Crippen LogP contribution in [-0.2, 0) is 0 Å². The Hall–Kier alpha value is -8.45. The minimum Gasteiger partial charge on any atom is -0.308 e. The van der Waals surface area contributed by atoms with Crippen molar-refractivity contribution in [1.29, 1.82) is 10.5 Å². The van der Waals surface area contributed by atoms with Crippen LogP contribution in [0.1, 0.15) is 11.1 Å². The number of nitrogens with zero attached hydrogens (tertiary/aromatic N) is 6. The zero-order valence-electron chi connectivity index (χ0n) is 31.7. The molecule has 2 aromatic heterocycles. The van der Waals surface area contributed by atoms with Crippen molar-refractivity contribution >= 4 is 21.8 Å². The monoisotopic (exact) mass is 752 g/mol. The van der Waals surface area contributed by atoms with Crippen LogP contribution in [0.3, 0.4) is 0 Å². The van der Waals surface area contributed by atoms with Crippen LogP contribution < -0.4 is 0 Å². The fourth-order valence-corrected chi connectivity index (χ4v) is 7.85. The van der Waals surface area contributed by atoms with Crippen LogP contribution in [0.2, 0.25) is 0 Å². The Morgan fingerprint density at radius 1 is 0.339 bits per heavy atom. The summed E-state index contributed by atoms with van der Waals surface area (Å²) in [5.74, 6) is 1.65. The average Bonchev–Trinajstić information content (AvgIpc) is 3.65. The second kappa shape index (κ2) is 14.9. The summed E-state index contributed by atoms with van der Waals surface area (Å²) in [7, 11) is 0. The summed E-state index contributed by atoms with van der Waals surface area (Å²) in [6.07, 6.45) is 0. The van der Waals surface area contributed by atoms with Crippen molar-refractivity contribution in [1.82, 2.24) is 19.5 Å². The predicted molar refractivity (Wildman–Crippen MR) is 236 cm³/mol. The molecule has 0 bridgehead atoms. The standard InChI is InChI=1S/C53H32N6/c54-33-35-20-24-38(25-21-35)45-31-43(53-57-51(40-14-6-2-7-15-40)56-52(58-53)41-16-8-3-9-17-41)32-46(39-26-22-36(34-55)23-27-39)50(45)59-48-19-11-10-18-44(48)47-30-42(28-29-49(47)59)37-12-4-1-5-13-37/h1-32H. The molecular formula is C53H32N6. The van der Waals surface area contributed by atoms with E-state index in [-0.39, 0.29) is 0 Å². The molecule has 59 heavy (non-hydrogen) atoms. The molecule has 2 heterocycles. The smallest absolute Gasteiger partial charge is 0.164 e. The van der Waals surface area contributed by atoms with Gasteiger partial charge in [-0.2, -0.15) is 10.5 Å². The normalized spacial score (nSPS) is 11.0. The van der Waals surface area contributed by atoms with Crippen LogP contribution in [0.4, 0.5) is 0 Å². The highest BCUT2D eigenvalue weighted by Crippen LogP contribution is 2.44. The van der Waals surface area contributed by atoms with E-state index in [9.17, 15) is 10.5 Å². The first-order valence-corrected chi connectivity index (χ1v) is 19.3. The van der Waals surface area contributed by atoms with Gasteiger partial charge in [0.05, 0.1) is 40.0 Å². The lowest BCUT2D eigenvalue weighted by atomic mass is 9.91. The van der Waals surface area contributed by atoms with Crippen molar-refractivity contribution < 1.29 is 0 Å².